The van der Waals surface area contributed by atoms with Crippen LogP contribution in [0.15, 0.2) is 12.4 Å². The molecule has 0 bridgehead atoms. The van der Waals surface area contributed by atoms with Gasteiger partial charge in [0, 0.05) is 25.3 Å². The molecule has 1 aromatic heterocycles. The van der Waals surface area contributed by atoms with Crippen molar-refractivity contribution in [3.05, 3.63) is 18.1 Å². The lowest BCUT2D eigenvalue weighted by Crippen LogP contribution is -2.35. The van der Waals surface area contributed by atoms with Gasteiger partial charge in [0.1, 0.15) is 5.82 Å². The quantitative estimate of drug-likeness (QED) is 0.797. The minimum atomic E-state index is 0.0718. The van der Waals surface area contributed by atoms with Crippen molar-refractivity contribution in [2.75, 3.05) is 18.5 Å². The SMILES string of the molecule is C#CCN(C)c1cncc(CNC(C)(C)C)n1. The number of nitrogens with zero attached hydrogens (tertiary/aromatic N) is 3. The van der Waals surface area contributed by atoms with Crippen molar-refractivity contribution in [3.8, 4) is 12.3 Å². The van der Waals surface area contributed by atoms with Gasteiger partial charge in [0.15, 0.2) is 0 Å². The van der Waals surface area contributed by atoms with Gasteiger partial charge in [0.05, 0.1) is 18.4 Å². The molecule has 4 nitrogen and oxygen atoms in total. The monoisotopic (exact) mass is 232 g/mol. The molecule has 0 unspecified atom stereocenters. The van der Waals surface area contributed by atoms with Crippen molar-refractivity contribution >= 4 is 5.82 Å². The molecule has 0 aliphatic carbocycles. The first-order valence-electron chi connectivity index (χ1n) is 5.63. The lowest BCUT2D eigenvalue weighted by molar-refractivity contribution is 0.421. The Morgan fingerprint density at radius 3 is 2.71 bits per heavy atom. The van der Waals surface area contributed by atoms with E-state index in [4.69, 9.17) is 6.42 Å². The molecule has 92 valence electrons. The van der Waals surface area contributed by atoms with Crippen LogP contribution in [0.25, 0.3) is 0 Å². The lowest BCUT2D eigenvalue weighted by atomic mass is 10.1. The van der Waals surface area contributed by atoms with Crippen LogP contribution >= 0.6 is 0 Å². The van der Waals surface area contributed by atoms with Gasteiger partial charge in [-0.15, -0.1) is 6.42 Å². The molecule has 1 N–H and O–H groups in total. The van der Waals surface area contributed by atoms with E-state index in [2.05, 4.69) is 42.0 Å². The van der Waals surface area contributed by atoms with Gasteiger partial charge >= 0.3 is 0 Å². The molecule has 0 saturated carbocycles. The van der Waals surface area contributed by atoms with E-state index >= 15 is 0 Å². The van der Waals surface area contributed by atoms with E-state index in [0.717, 1.165) is 11.5 Å². The number of terminal acetylenes is 1. The standard InChI is InChI=1S/C13H20N4/c1-6-7-17(5)12-10-14-8-11(16-12)9-15-13(2,3)4/h1,8,10,15H,7,9H2,2-5H3. The van der Waals surface area contributed by atoms with Gasteiger partial charge in [-0.1, -0.05) is 5.92 Å². The largest absolute Gasteiger partial charge is 0.347 e. The first kappa shape index (κ1) is 13.5. The van der Waals surface area contributed by atoms with Crippen LogP contribution in [0.2, 0.25) is 0 Å². The third-order valence-electron chi connectivity index (χ3n) is 2.19. The second-order valence-corrected chi connectivity index (χ2v) is 5.03. The van der Waals surface area contributed by atoms with Crippen LogP contribution in [0.3, 0.4) is 0 Å². The minimum Gasteiger partial charge on any atom is -0.347 e. The maximum Gasteiger partial charge on any atom is 0.147 e. The highest BCUT2D eigenvalue weighted by Gasteiger charge is 2.10. The Labute approximate surface area is 103 Å². The molecular formula is C13H20N4. The Bertz CT molecular complexity index is 401. The van der Waals surface area contributed by atoms with Crippen LogP contribution in [0, 0.1) is 12.3 Å². The summed E-state index contributed by atoms with van der Waals surface area (Å²) in [4.78, 5) is 10.6. The van der Waals surface area contributed by atoms with Gasteiger partial charge in [0.2, 0.25) is 0 Å². The van der Waals surface area contributed by atoms with Gasteiger partial charge in [-0.05, 0) is 20.8 Å². The molecule has 0 spiro atoms. The predicted octanol–water partition coefficient (Wildman–Crippen LogP) is 1.43. The Kier molecular flexibility index (Phi) is 4.47. The van der Waals surface area contributed by atoms with Gasteiger partial charge in [-0.3, -0.25) is 4.98 Å². The van der Waals surface area contributed by atoms with Crippen molar-refractivity contribution in [1.29, 1.82) is 0 Å². The molecule has 1 heterocycles. The summed E-state index contributed by atoms with van der Waals surface area (Å²) in [5, 5.41) is 3.37. The number of hydrogen-bond donors (Lipinski definition) is 1. The van der Waals surface area contributed by atoms with Crippen LogP contribution in [0.1, 0.15) is 26.5 Å². The normalized spacial score (nSPS) is 11.0. The number of rotatable bonds is 4. The summed E-state index contributed by atoms with van der Waals surface area (Å²) in [6, 6.07) is 0. The third-order valence-corrected chi connectivity index (χ3v) is 2.19. The van der Waals surface area contributed by atoms with Gasteiger partial charge < -0.3 is 10.2 Å². The Morgan fingerprint density at radius 1 is 1.41 bits per heavy atom. The summed E-state index contributed by atoms with van der Waals surface area (Å²) in [6.07, 6.45) is 8.76. The molecule has 0 fully saturated rings. The highest BCUT2D eigenvalue weighted by atomic mass is 15.2. The van der Waals surface area contributed by atoms with E-state index < -0.39 is 0 Å². The van der Waals surface area contributed by atoms with Crippen molar-refractivity contribution in [1.82, 2.24) is 15.3 Å². The second-order valence-electron chi connectivity index (χ2n) is 5.03. The second kappa shape index (κ2) is 5.65. The van der Waals surface area contributed by atoms with Crippen molar-refractivity contribution in [2.45, 2.75) is 32.9 Å². The number of nitrogens with one attached hydrogen (secondary N) is 1. The van der Waals surface area contributed by atoms with Gasteiger partial charge in [-0.25, -0.2) is 4.98 Å². The van der Waals surface area contributed by atoms with E-state index in [9.17, 15) is 0 Å². The summed E-state index contributed by atoms with van der Waals surface area (Å²) in [6.45, 7) is 7.59. The van der Waals surface area contributed by atoms with E-state index in [-0.39, 0.29) is 5.54 Å². The summed E-state index contributed by atoms with van der Waals surface area (Å²) in [5.74, 6) is 3.39. The van der Waals surface area contributed by atoms with Gasteiger partial charge in [0.25, 0.3) is 0 Å². The molecular weight excluding hydrogens is 212 g/mol. The highest BCUT2D eigenvalue weighted by Crippen LogP contribution is 2.08. The molecule has 0 aliphatic rings. The fourth-order valence-corrected chi connectivity index (χ4v) is 1.24. The molecule has 0 saturated heterocycles. The van der Waals surface area contributed by atoms with Crippen LogP contribution in [-0.2, 0) is 6.54 Å². The van der Waals surface area contributed by atoms with E-state index in [1.54, 1.807) is 12.4 Å². The molecule has 4 heteroatoms. The molecule has 17 heavy (non-hydrogen) atoms. The maximum atomic E-state index is 5.27. The zero-order valence-electron chi connectivity index (χ0n) is 11.0. The summed E-state index contributed by atoms with van der Waals surface area (Å²) in [5.41, 5.74) is 0.990. The van der Waals surface area contributed by atoms with Gasteiger partial charge in [-0.2, -0.15) is 0 Å². The molecule has 0 amide bonds. The predicted molar refractivity (Wildman–Crippen MR) is 70.7 cm³/mol. The molecule has 0 aromatic carbocycles. The topological polar surface area (TPSA) is 41.1 Å². The first-order chi connectivity index (χ1) is 7.92. The van der Waals surface area contributed by atoms with E-state index in [0.29, 0.717) is 13.1 Å². The van der Waals surface area contributed by atoms with E-state index in [1.165, 1.54) is 0 Å². The Balaban J connectivity index is 2.70. The molecule has 1 rings (SSSR count). The molecule has 0 atom stereocenters. The first-order valence-corrected chi connectivity index (χ1v) is 5.63. The average Bonchev–Trinajstić information content (AvgIpc) is 2.26. The number of hydrogen-bond acceptors (Lipinski definition) is 4. The summed E-state index contributed by atoms with van der Waals surface area (Å²) >= 11 is 0. The van der Waals surface area contributed by atoms with Crippen molar-refractivity contribution in [3.63, 3.8) is 0 Å². The van der Waals surface area contributed by atoms with Crippen LogP contribution < -0.4 is 10.2 Å². The number of aromatic nitrogens is 2. The molecule has 0 aliphatic heterocycles. The van der Waals surface area contributed by atoms with Crippen LogP contribution in [-0.4, -0.2) is 29.1 Å². The maximum absolute atomic E-state index is 5.27. The smallest absolute Gasteiger partial charge is 0.147 e. The molecule has 0 radical (unpaired) electrons. The fraction of sp³-hybridized carbons (Fsp3) is 0.538. The van der Waals surface area contributed by atoms with Crippen LogP contribution in [0.5, 0.6) is 0 Å². The zero-order valence-corrected chi connectivity index (χ0v) is 11.0. The van der Waals surface area contributed by atoms with Crippen molar-refractivity contribution in [2.24, 2.45) is 0 Å². The lowest BCUT2D eigenvalue weighted by Gasteiger charge is -2.21. The van der Waals surface area contributed by atoms with E-state index in [1.807, 2.05) is 11.9 Å². The summed E-state index contributed by atoms with van der Waals surface area (Å²) < 4.78 is 0. The number of anilines is 1. The summed E-state index contributed by atoms with van der Waals surface area (Å²) in [7, 11) is 1.91. The Hall–Kier alpha value is -1.60. The fourth-order valence-electron chi connectivity index (χ4n) is 1.24. The molecule has 1 aromatic rings. The minimum absolute atomic E-state index is 0.0718. The third kappa shape index (κ3) is 4.83. The highest BCUT2D eigenvalue weighted by molar-refractivity contribution is 5.36. The van der Waals surface area contributed by atoms with Crippen molar-refractivity contribution < 1.29 is 0 Å². The van der Waals surface area contributed by atoms with Crippen LogP contribution in [0.4, 0.5) is 5.82 Å². The zero-order chi connectivity index (χ0) is 12.9. The Morgan fingerprint density at radius 2 is 2.12 bits per heavy atom. The average molecular weight is 232 g/mol.